The minimum Gasteiger partial charge on any atom is -0.430 e. The first-order chi connectivity index (χ1) is 8.43. The molecule has 1 aliphatic carbocycles. The van der Waals surface area contributed by atoms with E-state index < -0.39 is 16.9 Å². The van der Waals surface area contributed by atoms with Crippen molar-refractivity contribution in [3.63, 3.8) is 0 Å². The summed E-state index contributed by atoms with van der Waals surface area (Å²) in [7, 11) is 0. The lowest BCUT2D eigenvalue weighted by molar-refractivity contribution is -0.126. The van der Waals surface area contributed by atoms with Crippen molar-refractivity contribution in [2.45, 2.75) is 18.2 Å². The van der Waals surface area contributed by atoms with Gasteiger partial charge in [-0.05, 0) is 19.4 Å². The molecule has 0 aromatic carbocycles. The SMILES string of the molecule is C[C@]1(C(=O)NNC(=O)c2ccc(=O)oc2)C[C@@H]1Br. The number of hydrogen-bond acceptors (Lipinski definition) is 4. The summed E-state index contributed by atoms with van der Waals surface area (Å²) in [5.41, 5.74) is 3.75. The maximum atomic E-state index is 11.7. The van der Waals surface area contributed by atoms with E-state index in [1.54, 1.807) is 6.92 Å². The fourth-order valence-corrected chi connectivity index (χ4v) is 2.24. The molecule has 0 bridgehead atoms. The molecule has 0 aliphatic heterocycles. The summed E-state index contributed by atoms with van der Waals surface area (Å²) in [6.45, 7) is 1.80. The lowest BCUT2D eigenvalue weighted by atomic mass is 10.1. The number of nitrogens with one attached hydrogen (secondary N) is 2. The van der Waals surface area contributed by atoms with E-state index >= 15 is 0 Å². The molecule has 1 heterocycles. The van der Waals surface area contributed by atoms with Crippen molar-refractivity contribution in [2.75, 3.05) is 0 Å². The second-order valence-corrected chi connectivity index (χ2v) is 5.45. The number of carbonyl (C=O) groups excluding carboxylic acids is 2. The Labute approximate surface area is 111 Å². The molecule has 1 saturated carbocycles. The molecule has 0 radical (unpaired) electrons. The highest BCUT2D eigenvalue weighted by atomic mass is 79.9. The topological polar surface area (TPSA) is 88.4 Å². The van der Waals surface area contributed by atoms with Crippen LogP contribution in [0.4, 0.5) is 0 Å². The molecule has 0 spiro atoms. The Bertz CT molecular complexity index is 536. The smallest absolute Gasteiger partial charge is 0.335 e. The first-order valence-corrected chi connectivity index (χ1v) is 6.19. The van der Waals surface area contributed by atoms with Gasteiger partial charge < -0.3 is 4.42 Å². The van der Waals surface area contributed by atoms with Crippen LogP contribution in [0.25, 0.3) is 0 Å². The molecule has 2 rings (SSSR count). The predicted molar refractivity (Wildman–Crippen MR) is 66.0 cm³/mol. The zero-order valence-electron chi connectivity index (χ0n) is 9.53. The van der Waals surface area contributed by atoms with Gasteiger partial charge in [0.25, 0.3) is 5.91 Å². The third-order valence-corrected chi connectivity index (χ3v) is 4.24. The van der Waals surface area contributed by atoms with Gasteiger partial charge in [0.2, 0.25) is 5.91 Å². The Hall–Kier alpha value is -1.63. The zero-order valence-corrected chi connectivity index (χ0v) is 11.1. The summed E-state index contributed by atoms with van der Waals surface area (Å²) in [5.74, 6) is -0.794. The Morgan fingerprint density at radius 3 is 2.61 bits per heavy atom. The maximum Gasteiger partial charge on any atom is 0.335 e. The number of hydrazine groups is 1. The number of rotatable bonds is 2. The Morgan fingerprint density at radius 1 is 1.44 bits per heavy atom. The van der Waals surface area contributed by atoms with Crippen molar-refractivity contribution >= 4 is 27.7 Å². The average Bonchev–Trinajstić information content (AvgIpc) is 2.96. The van der Waals surface area contributed by atoms with E-state index in [2.05, 4.69) is 31.2 Å². The Morgan fingerprint density at radius 2 is 2.11 bits per heavy atom. The van der Waals surface area contributed by atoms with Crippen LogP contribution in [0.1, 0.15) is 23.7 Å². The molecule has 2 N–H and O–H groups in total. The van der Waals surface area contributed by atoms with Crippen molar-refractivity contribution < 1.29 is 14.0 Å². The molecule has 0 unspecified atom stereocenters. The van der Waals surface area contributed by atoms with E-state index in [9.17, 15) is 14.4 Å². The average molecular weight is 315 g/mol. The number of hydrogen-bond donors (Lipinski definition) is 2. The molecule has 0 saturated heterocycles. The van der Waals surface area contributed by atoms with Gasteiger partial charge in [-0.15, -0.1) is 0 Å². The van der Waals surface area contributed by atoms with Crippen molar-refractivity contribution in [3.8, 4) is 0 Å². The summed E-state index contributed by atoms with van der Waals surface area (Å²) < 4.78 is 4.55. The molecule has 1 aromatic heterocycles. The molecule has 7 heteroatoms. The van der Waals surface area contributed by atoms with Crippen molar-refractivity contribution in [1.29, 1.82) is 0 Å². The molecular formula is C11H11BrN2O4. The van der Waals surface area contributed by atoms with E-state index in [-0.39, 0.29) is 16.3 Å². The van der Waals surface area contributed by atoms with Gasteiger partial charge in [-0.25, -0.2) is 4.79 Å². The van der Waals surface area contributed by atoms with Crippen LogP contribution in [0.2, 0.25) is 0 Å². The number of amides is 2. The second kappa shape index (κ2) is 4.56. The van der Waals surface area contributed by atoms with Gasteiger partial charge in [-0.3, -0.25) is 20.4 Å². The summed E-state index contributed by atoms with van der Waals surface area (Å²) in [4.78, 5) is 34.1. The van der Waals surface area contributed by atoms with Gasteiger partial charge in [-0.2, -0.15) is 0 Å². The molecule has 1 aromatic rings. The third kappa shape index (κ3) is 2.45. The Kier molecular flexibility index (Phi) is 3.25. The molecule has 96 valence electrons. The van der Waals surface area contributed by atoms with Crippen LogP contribution < -0.4 is 16.5 Å². The lowest BCUT2D eigenvalue weighted by Gasteiger charge is -2.11. The highest BCUT2D eigenvalue weighted by Gasteiger charge is 2.54. The summed E-state index contributed by atoms with van der Waals surface area (Å²) >= 11 is 3.34. The van der Waals surface area contributed by atoms with Crippen LogP contribution in [0.5, 0.6) is 0 Å². The summed E-state index contributed by atoms with van der Waals surface area (Å²) in [6, 6.07) is 2.45. The van der Waals surface area contributed by atoms with Crippen LogP contribution in [0.3, 0.4) is 0 Å². The normalized spacial score (nSPS) is 25.3. The molecular weight excluding hydrogens is 304 g/mol. The van der Waals surface area contributed by atoms with Crippen molar-refractivity contribution in [1.82, 2.24) is 10.9 Å². The monoisotopic (exact) mass is 314 g/mol. The first kappa shape index (κ1) is 12.8. The fourth-order valence-electron chi connectivity index (χ4n) is 1.36. The molecule has 1 aliphatic rings. The fraction of sp³-hybridized carbons (Fsp3) is 0.364. The maximum absolute atomic E-state index is 11.7. The number of alkyl halides is 1. The van der Waals surface area contributed by atoms with Crippen molar-refractivity contribution in [2.24, 2.45) is 5.41 Å². The van der Waals surface area contributed by atoms with Crippen LogP contribution in [0, 0.1) is 5.41 Å². The van der Waals surface area contributed by atoms with Gasteiger partial charge in [0, 0.05) is 10.9 Å². The highest BCUT2D eigenvalue weighted by Crippen LogP contribution is 2.51. The Balaban J connectivity index is 1.91. The molecule has 2 amide bonds. The van der Waals surface area contributed by atoms with E-state index in [0.717, 1.165) is 18.8 Å². The number of halogens is 1. The van der Waals surface area contributed by atoms with E-state index in [4.69, 9.17) is 0 Å². The summed E-state index contributed by atoms with van der Waals surface area (Å²) in [6.07, 6.45) is 1.77. The molecule has 1 fully saturated rings. The highest BCUT2D eigenvalue weighted by molar-refractivity contribution is 9.09. The van der Waals surface area contributed by atoms with Gasteiger partial charge in [-0.1, -0.05) is 15.9 Å². The van der Waals surface area contributed by atoms with Gasteiger partial charge in [0.05, 0.1) is 11.0 Å². The van der Waals surface area contributed by atoms with Crippen LogP contribution in [-0.4, -0.2) is 16.6 Å². The van der Waals surface area contributed by atoms with Crippen LogP contribution in [-0.2, 0) is 4.79 Å². The zero-order chi connectivity index (χ0) is 13.3. The molecule has 6 nitrogen and oxygen atoms in total. The summed E-state index contributed by atoms with van der Waals surface area (Å²) in [5, 5.41) is 0. The first-order valence-electron chi connectivity index (χ1n) is 5.27. The van der Waals surface area contributed by atoms with E-state index in [1.807, 2.05) is 0 Å². The largest absolute Gasteiger partial charge is 0.430 e. The van der Waals surface area contributed by atoms with Crippen molar-refractivity contribution in [3.05, 3.63) is 34.4 Å². The van der Waals surface area contributed by atoms with Gasteiger partial charge in [0.1, 0.15) is 6.26 Å². The molecule has 2 atom stereocenters. The predicted octanol–water partition coefficient (Wildman–Crippen LogP) is 0.574. The lowest BCUT2D eigenvalue weighted by Crippen LogP contribution is -2.45. The standard InChI is InChI=1S/C11H11BrN2O4/c1-11(4-7(11)12)10(17)14-13-9(16)6-2-3-8(15)18-5-6/h2-3,5,7H,4H2,1H3,(H,13,16)(H,14,17)/t7-,11-/m0/s1. The molecule has 18 heavy (non-hydrogen) atoms. The minimum absolute atomic E-state index is 0.136. The second-order valence-electron chi connectivity index (χ2n) is 4.34. The van der Waals surface area contributed by atoms with Crippen LogP contribution >= 0.6 is 15.9 Å². The minimum atomic E-state index is -0.539. The quantitative estimate of drug-likeness (QED) is 0.617. The number of carbonyl (C=O) groups is 2. The van der Waals surface area contributed by atoms with E-state index in [0.29, 0.717) is 0 Å². The van der Waals surface area contributed by atoms with Gasteiger partial charge >= 0.3 is 5.63 Å². The van der Waals surface area contributed by atoms with Gasteiger partial charge in [0.15, 0.2) is 0 Å². The van der Waals surface area contributed by atoms with Crippen LogP contribution in [0.15, 0.2) is 27.6 Å². The van der Waals surface area contributed by atoms with E-state index in [1.165, 1.54) is 6.07 Å². The third-order valence-electron chi connectivity index (χ3n) is 2.91.